The molecule has 100 valence electrons. The molecular weight excluding hydrogens is 228 g/mol. The second kappa shape index (κ2) is 6.54. The zero-order chi connectivity index (χ0) is 12.8. The summed E-state index contributed by atoms with van der Waals surface area (Å²) < 4.78 is 5.41. The molecule has 1 aliphatic heterocycles. The van der Waals surface area contributed by atoms with E-state index in [1.807, 2.05) is 14.0 Å². The third-order valence-electron chi connectivity index (χ3n) is 3.30. The van der Waals surface area contributed by atoms with E-state index in [2.05, 4.69) is 20.2 Å². The molecule has 0 atom stereocenters. The highest BCUT2D eigenvalue weighted by atomic mass is 16.5. The highest BCUT2D eigenvalue weighted by Gasteiger charge is 2.20. The van der Waals surface area contributed by atoms with Gasteiger partial charge in [-0.25, -0.2) is 4.98 Å². The highest BCUT2D eigenvalue weighted by Crippen LogP contribution is 2.21. The van der Waals surface area contributed by atoms with E-state index in [0.29, 0.717) is 12.5 Å². The third kappa shape index (κ3) is 3.32. The van der Waals surface area contributed by atoms with Crippen LogP contribution in [0.3, 0.4) is 0 Å². The molecule has 2 heterocycles. The van der Waals surface area contributed by atoms with Gasteiger partial charge in [-0.1, -0.05) is 0 Å². The zero-order valence-corrected chi connectivity index (χ0v) is 11.2. The van der Waals surface area contributed by atoms with Crippen LogP contribution >= 0.6 is 0 Å². The van der Waals surface area contributed by atoms with Crippen LogP contribution in [0.15, 0.2) is 12.3 Å². The molecule has 0 bridgehead atoms. The van der Waals surface area contributed by atoms with Crippen LogP contribution in [0, 0.1) is 5.92 Å². The number of hydrogen-bond acceptors (Lipinski definition) is 5. The number of rotatable bonds is 5. The van der Waals surface area contributed by atoms with Gasteiger partial charge < -0.3 is 15.0 Å². The van der Waals surface area contributed by atoms with Crippen LogP contribution in [-0.2, 0) is 0 Å². The van der Waals surface area contributed by atoms with Crippen molar-refractivity contribution in [1.82, 2.24) is 15.3 Å². The lowest BCUT2D eigenvalue weighted by molar-refractivity contribution is 0.325. The van der Waals surface area contributed by atoms with Crippen molar-refractivity contribution in [3.8, 4) is 5.88 Å². The molecule has 1 fully saturated rings. The van der Waals surface area contributed by atoms with Crippen molar-refractivity contribution < 1.29 is 4.74 Å². The quantitative estimate of drug-likeness (QED) is 0.854. The summed E-state index contributed by atoms with van der Waals surface area (Å²) in [7, 11) is 2.01. The van der Waals surface area contributed by atoms with Gasteiger partial charge in [0.25, 0.3) is 0 Å². The van der Waals surface area contributed by atoms with Gasteiger partial charge in [-0.15, -0.1) is 0 Å². The number of piperidine rings is 1. The number of nitrogens with one attached hydrogen (secondary N) is 1. The molecule has 1 aliphatic rings. The Morgan fingerprint density at radius 2 is 2.22 bits per heavy atom. The van der Waals surface area contributed by atoms with Crippen LogP contribution in [0.4, 0.5) is 5.95 Å². The predicted octanol–water partition coefficient (Wildman–Crippen LogP) is 1.31. The first kappa shape index (κ1) is 13.1. The molecule has 0 amide bonds. The molecule has 0 saturated carbocycles. The van der Waals surface area contributed by atoms with Gasteiger partial charge in [0.15, 0.2) is 0 Å². The zero-order valence-electron chi connectivity index (χ0n) is 11.2. The topological polar surface area (TPSA) is 50.3 Å². The number of anilines is 1. The van der Waals surface area contributed by atoms with Crippen molar-refractivity contribution in [2.75, 3.05) is 38.2 Å². The largest absolute Gasteiger partial charge is 0.478 e. The lowest BCUT2D eigenvalue weighted by Gasteiger charge is -2.31. The molecule has 1 N–H and O–H groups in total. The van der Waals surface area contributed by atoms with Crippen molar-refractivity contribution in [3.05, 3.63) is 12.3 Å². The number of aromatic nitrogens is 2. The number of hydrogen-bond donors (Lipinski definition) is 1. The van der Waals surface area contributed by atoms with Crippen LogP contribution in [0.5, 0.6) is 5.88 Å². The molecule has 5 heteroatoms. The van der Waals surface area contributed by atoms with E-state index in [1.54, 1.807) is 12.3 Å². The summed E-state index contributed by atoms with van der Waals surface area (Å²) >= 11 is 0. The van der Waals surface area contributed by atoms with Crippen molar-refractivity contribution in [2.45, 2.75) is 19.8 Å². The van der Waals surface area contributed by atoms with Gasteiger partial charge in [-0.05, 0) is 39.3 Å². The molecule has 0 spiro atoms. The Morgan fingerprint density at radius 1 is 1.44 bits per heavy atom. The second-order valence-corrected chi connectivity index (χ2v) is 4.62. The van der Waals surface area contributed by atoms with Crippen LogP contribution in [0.1, 0.15) is 19.8 Å². The number of ether oxygens (including phenoxy) is 1. The van der Waals surface area contributed by atoms with Crippen molar-refractivity contribution in [3.63, 3.8) is 0 Å². The van der Waals surface area contributed by atoms with Crippen LogP contribution in [0.2, 0.25) is 0 Å². The first-order valence-electron chi connectivity index (χ1n) is 6.69. The first-order valence-corrected chi connectivity index (χ1v) is 6.69. The van der Waals surface area contributed by atoms with Gasteiger partial charge in [0.2, 0.25) is 11.8 Å². The van der Waals surface area contributed by atoms with E-state index < -0.39 is 0 Å². The molecule has 1 aromatic heterocycles. The smallest absolute Gasteiger partial charge is 0.228 e. The Labute approximate surface area is 109 Å². The molecular formula is C13H22N4O. The van der Waals surface area contributed by atoms with Crippen LogP contribution < -0.4 is 15.0 Å². The summed E-state index contributed by atoms with van der Waals surface area (Å²) in [5.41, 5.74) is 0. The second-order valence-electron chi connectivity index (χ2n) is 4.62. The Morgan fingerprint density at radius 3 is 2.89 bits per heavy atom. The minimum atomic E-state index is 0.640. The Hall–Kier alpha value is -1.36. The molecule has 2 rings (SSSR count). The summed E-state index contributed by atoms with van der Waals surface area (Å²) in [6.45, 7) is 5.77. The predicted molar refractivity (Wildman–Crippen MR) is 72.1 cm³/mol. The average molecular weight is 250 g/mol. The lowest BCUT2D eigenvalue weighted by Crippen LogP contribution is -2.37. The van der Waals surface area contributed by atoms with Crippen molar-refractivity contribution >= 4 is 5.95 Å². The van der Waals surface area contributed by atoms with Gasteiger partial charge in [0, 0.05) is 25.4 Å². The van der Waals surface area contributed by atoms with Crippen molar-refractivity contribution in [1.29, 1.82) is 0 Å². The molecule has 0 aliphatic carbocycles. The molecule has 18 heavy (non-hydrogen) atoms. The maximum Gasteiger partial charge on any atom is 0.228 e. The van der Waals surface area contributed by atoms with Gasteiger partial charge in [-0.3, -0.25) is 0 Å². The minimum Gasteiger partial charge on any atom is -0.478 e. The van der Waals surface area contributed by atoms with Gasteiger partial charge in [0.05, 0.1) is 6.61 Å². The van der Waals surface area contributed by atoms with Gasteiger partial charge >= 0.3 is 0 Å². The standard InChI is InChI=1S/C13H22N4O/c1-3-18-12-4-7-15-13(16-12)17-8-5-11(6-9-17)10-14-2/h4,7,11,14H,3,5-6,8-10H2,1-2H3. The minimum absolute atomic E-state index is 0.640. The Balaban J connectivity index is 1.94. The van der Waals surface area contributed by atoms with E-state index >= 15 is 0 Å². The average Bonchev–Trinajstić information content (AvgIpc) is 2.41. The maximum atomic E-state index is 5.41. The summed E-state index contributed by atoms with van der Waals surface area (Å²) in [6, 6.07) is 1.81. The summed E-state index contributed by atoms with van der Waals surface area (Å²) in [5, 5.41) is 3.25. The monoisotopic (exact) mass is 250 g/mol. The van der Waals surface area contributed by atoms with Gasteiger partial charge in [0.1, 0.15) is 0 Å². The molecule has 1 aromatic rings. The lowest BCUT2D eigenvalue weighted by atomic mass is 9.97. The van der Waals surface area contributed by atoms with E-state index in [0.717, 1.165) is 31.5 Å². The Bertz CT molecular complexity index is 364. The molecule has 1 saturated heterocycles. The summed E-state index contributed by atoms with van der Waals surface area (Å²) in [5.74, 6) is 2.24. The van der Waals surface area contributed by atoms with Crippen LogP contribution in [-0.4, -0.2) is 43.3 Å². The number of nitrogens with zero attached hydrogens (tertiary/aromatic N) is 3. The summed E-state index contributed by atoms with van der Waals surface area (Å²) in [6.07, 6.45) is 4.17. The SMILES string of the molecule is CCOc1ccnc(N2CCC(CNC)CC2)n1. The van der Waals surface area contributed by atoms with E-state index in [-0.39, 0.29) is 0 Å². The fraction of sp³-hybridized carbons (Fsp3) is 0.692. The van der Waals surface area contributed by atoms with Crippen molar-refractivity contribution in [2.24, 2.45) is 5.92 Å². The maximum absolute atomic E-state index is 5.41. The fourth-order valence-electron chi connectivity index (χ4n) is 2.34. The van der Waals surface area contributed by atoms with Gasteiger partial charge in [-0.2, -0.15) is 4.98 Å². The molecule has 5 nitrogen and oxygen atoms in total. The molecule has 0 unspecified atom stereocenters. The molecule has 0 radical (unpaired) electrons. The first-order chi connectivity index (χ1) is 8.83. The third-order valence-corrected chi connectivity index (χ3v) is 3.30. The normalized spacial score (nSPS) is 16.9. The Kier molecular flexibility index (Phi) is 4.75. The highest BCUT2D eigenvalue weighted by molar-refractivity contribution is 5.32. The fourth-order valence-corrected chi connectivity index (χ4v) is 2.34. The van der Waals surface area contributed by atoms with E-state index in [4.69, 9.17) is 4.74 Å². The summed E-state index contributed by atoms with van der Waals surface area (Å²) in [4.78, 5) is 11.0. The van der Waals surface area contributed by atoms with E-state index in [1.165, 1.54) is 12.8 Å². The van der Waals surface area contributed by atoms with Crippen LogP contribution in [0.25, 0.3) is 0 Å². The molecule has 0 aromatic carbocycles. The van der Waals surface area contributed by atoms with E-state index in [9.17, 15) is 0 Å².